The van der Waals surface area contributed by atoms with Gasteiger partial charge in [-0.05, 0) is 25.0 Å². The number of ether oxygens (including phenoxy) is 1. The number of rotatable bonds is 2. The Morgan fingerprint density at radius 2 is 2.18 bits per heavy atom. The van der Waals surface area contributed by atoms with Crippen molar-refractivity contribution in [3.63, 3.8) is 0 Å². The Bertz CT molecular complexity index is 520. The van der Waals surface area contributed by atoms with Crippen LogP contribution in [0, 0.1) is 0 Å². The Balaban J connectivity index is 1.80. The van der Waals surface area contributed by atoms with E-state index < -0.39 is 0 Å². The van der Waals surface area contributed by atoms with Crippen molar-refractivity contribution >= 4 is 22.8 Å². The number of H-pyrrole nitrogens is 1. The monoisotopic (exact) mass is 250 g/mol. The van der Waals surface area contributed by atoms with Crippen LogP contribution in [0.2, 0.25) is 0 Å². The molecular formula is C12H14N2O2S. The summed E-state index contributed by atoms with van der Waals surface area (Å²) in [5, 5.41) is 10.9. The summed E-state index contributed by atoms with van der Waals surface area (Å²) in [5.74, 6) is 0.267. The topological polar surface area (TPSA) is 58.1 Å². The molecule has 2 N–H and O–H groups in total. The van der Waals surface area contributed by atoms with Crippen LogP contribution in [0.1, 0.15) is 12.8 Å². The number of phenols is 1. The largest absolute Gasteiger partial charge is 0.508 e. The second kappa shape index (κ2) is 4.58. The Morgan fingerprint density at radius 1 is 1.35 bits per heavy atom. The third kappa shape index (κ3) is 2.40. The van der Waals surface area contributed by atoms with E-state index in [9.17, 15) is 5.11 Å². The molecular weight excluding hydrogens is 236 g/mol. The average molecular weight is 250 g/mol. The van der Waals surface area contributed by atoms with E-state index in [2.05, 4.69) is 9.97 Å². The zero-order valence-corrected chi connectivity index (χ0v) is 10.2. The number of fused-ring (bicyclic) bond motifs is 1. The number of aromatic nitrogens is 2. The van der Waals surface area contributed by atoms with E-state index >= 15 is 0 Å². The van der Waals surface area contributed by atoms with Crippen molar-refractivity contribution in [2.45, 2.75) is 23.2 Å². The van der Waals surface area contributed by atoms with Crippen LogP contribution in [-0.2, 0) is 4.74 Å². The van der Waals surface area contributed by atoms with Crippen molar-refractivity contribution in [1.82, 2.24) is 9.97 Å². The number of hydrogen-bond acceptors (Lipinski definition) is 4. The second-order valence-corrected chi connectivity index (χ2v) is 5.46. The van der Waals surface area contributed by atoms with Gasteiger partial charge < -0.3 is 14.8 Å². The number of imidazole rings is 1. The van der Waals surface area contributed by atoms with E-state index in [4.69, 9.17) is 4.74 Å². The highest BCUT2D eigenvalue weighted by atomic mass is 32.2. The van der Waals surface area contributed by atoms with Gasteiger partial charge in [-0.3, -0.25) is 0 Å². The molecule has 1 aliphatic heterocycles. The molecule has 0 atom stereocenters. The van der Waals surface area contributed by atoms with Crippen molar-refractivity contribution < 1.29 is 9.84 Å². The van der Waals surface area contributed by atoms with Crippen LogP contribution < -0.4 is 0 Å². The average Bonchev–Trinajstić information content (AvgIpc) is 2.71. The number of nitrogens with zero attached hydrogens (tertiary/aromatic N) is 1. The minimum absolute atomic E-state index is 0.267. The van der Waals surface area contributed by atoms with Gasteiger partial charge in [-0.1, -0.05) is 11.8 Å². The number of benzene rings is 1. The van der Waals surface area contributed by atoms with Crippen molar-refractivity contribution in [2.75, 3.05) is 13.2 Å². The lowest BCUT2D eigenvalue weighted by Gasteiger charge is -2.20. The first-order valence-corrected chi connectivity index (χ1v) is 6.62. The highest BCUT2D eigenvalue weighted by Crippen LogP contribution is 2.29. The van der Waals surface area contributed by atoms with Gasteiger partial charge in [0.1, 0.15) is 5.75 Å². The fourth-order valence-electron chi connectivity index (χ4n) is 1.98. The summed E-state index contributed by atoms with van der Waals surface area (Å²) in [4.78, 5) is 7.74. The van der Waals surface area contributed by atoms with Gasteiger partial charge in [0.25, 0.3) is 0 Å². The van der Waals surface area contributed by atoms with Gasteiger partial charge in [-0.25, -0.2) is 4.98 Å². The van der Waals surface area contributed by atoms with Gasteiger partial charge in [0, 0.05) is 24.5 Å². The third-order valence-electron chi connectivity index (χ3n) is 2.89. The molecule has 1 aromatic carbocycles. The van der Waals surface area contributed by atoms with Gasteiger partial charge >= 0.3 is 0 Å². The molecule has 0 aliphatic carbocycles. The number of phenolic OH excluding ortho intramolecular Hbond substituents is 1. The summed E-state index contributed by atoms with van der Waals surface area (Å²) in [6.07, 6.45) is 2.15. The fourth-order valence-corrected chi connectivity index (χ4v) is 3.05. The van der Waals surface area contributed by atoms with E-state index in [1.807, 2.05) is 6.07 Å². The highest BCUT2D eigenvalue weighted by Gasteiger charge is 2.16. The molecule has 0 unspecified atom stereocenters. The lowest BCUT2D eigenvalue weighted by Crippen LogP contribution is -2.17. The van der Waals surface area contributed by atoms with Crippen molar-refractivity contribution in [3.05, 3.63) is 18.2 Å². The maximum atomic E-state index is 9.39. The summed E-state index contributed by atoms with van der Waals surface area (Å²) >= 11 is 1.77. The van der Waals surface area contributed by atoms with Gasteiger partial charge in [0.05, 0.1) is 11.0 Å². The molecule has 4 nitrogen and oxygen atoms in total. The van der Waals surface area contributed by atoms with E-state index in [-0.39, 0.29) is 5.75 Å². The van der Waals surface area contributed by atoms with Crippen LogP contribution in [0.4, 0.5) is 0 Å². The molecule has 0 saturated carbocycles. The fraction of sp³-hybridized carbons (Fsp3) is 0.417. The van der Waals surface area contributed by atoms with Crippen molar-refractivity contribution in [1.29, 1.82) is 0 Å². The standard InChI is InChI=1S/C12H14N2O2S/c15-8-1-2-10-11(7-8)14-12(13-10)17-9-3-5-16-6-4-9/h1-2,7,9,15H,3-6H2,(H,13,14). The summed E-state index contributed by atoms with van der Waals surface area (Å²) in [7, 11) is 0. The summed E-state index contributed by atoms with van der Waals surface area (Å²) in [6.45, 7) is 1.69. The van der Waals surface area contributed by atoms with Crippen molar-refractivity contribution in [2.24, 2.45) is 0 Å². The molecule has 0 radical (unpaired) electrons. The quantitative estimate of drug-likeness (QED) is 0.860. The maximum absolute atomic E-state index is 9.39. The molecule has 0 spiro atoms. The van der Waals surface area contributed by atoms with E-state index in [1.54, 1.807) is 23.9 Å². The van der Waals surface area contributed by atoms with Crippen LogP contribution in [0.5, 0.6) is 5.75 Å². The number of nitrogens with one attached hydrogen (secondary N) is 1. The maximum Gasteiger partial charge on any atom is 0.166 e. The first-order chi connectivity index (χ1) is 8.31. The van der Waals surface area contributed by atoms with E-state index in [0.29, 0.717) is 5.25 Å². The van der Waals surface area contributed by atoms with Crippen molar-refractivity contribution in [3.8, 4) is 5.75 Å². The van der Waals surface area contributed by atoms with E-state index in [1.165, 1.54) is 0 Å². The molecule has 1 aromatic heterocycles. The minimum atomic E-state index is 0.267. The molecule has 90 valence electrons. The molecule has 5 heteroatoms. The number of hydrogen-bond donors (Lipinski definition) is 2. The van der Waals surface area contributed by atoms with Gasteiger partial charge in [0.2, 0.25) is 0 Å². The minimum Gasteiger partial charge on any atom is -0.508 e. The Labute approximate surface area is 103 Å². The Morgan fingerprint density at radius 3 is 3.00 bits per heavy atom. The molecule has 1 fully saturated rings. The lowest BCUT2D eigenvalue weighted by molar-refractivity contribution is 0.1000. The van der Waals surface area contributed by atoms with Crippen LogP contribution in [-0.4, -0.2) is 33.5 Å². The van der Waals surface area contributed by atoms with E-state index in [0.717, 1.165) is 42.2 Å². The molecule has 17 heavy (non-hydrogen) atoms. The van der Waals surface area contributed by atoms with Gasteiger partial charge in [0.15, 0.2) is 5.16 Å². The number of aromatic hydroxyl groups is 1. The summed E-state index contributed by atoms with van der Waals surface area (Å²) in [6, 6.07) is 5.19. The van der Waals surface area contributed by atoms with Crippen LogP contribution >= 0.6 is 11.8 Å². The SMILES string of the molecule is Oc1ccc2nc(SC3CCOCC3)[nH]c2c1. The zero-order chi connectivity index (χ0) is 11.7. The molecule has 0 bridgehead atoms. The highest BCUT2D eigenvalue weighted by molar-refractivity contribution is 7.99. The first kappa shape index (κ1) is 10.9. The van der Waals surface area contributed by atoms with Crippen LogP contribution in [0.3, 0.4) is 0 Å². The number of aromatic amines is 1. The number of thioether (sulfide) groups is 1. The Hall–Kier alpha value is -1.20. The zero-order valence-electron chi connectivity index (χ0n) is 9.35. The predicted octanol–water partition coefficient (Wildman–Crippen LogP) is 2.54. The summed E-state index contributed by atoms with van der Waals surface area (Å²) < 4.78 is 5.34. The molecule has 1 saturated heterocycles. The normalized spacial score (nSPS) is 17.6. The van der Waals surface area contributed by atoms with Crippen LogP contribution in [0.25, 0.3) is 11.0 Å². The third-order valence-corrected chi connectivity index (χ3v) is 4.11. The smallest absolute Gasteiger partial charge is 0.166 e. The predicted molar refractivity (Wildman–Crippen MR) is 67.5 cm³/mol. The summed E-state index contributed by atoms with van der Waals surface area (Å²) in [5.41, 5.74) is 1.79. The Kier molecular flexibility index (Phi) is 2.94. The lowest BCUT2D eigenvalue weighted by atomic mass is 10.2. The molecule has 0 amide bonds. The molecule has 1 aliphatic rings. The first-order valence-electron chi connectivity index (χ1n) is 5.74. The molecule has 3 rings (SSSR count). The van der Waals surface area contributed by atoms with Crippen LogP contribution in [0.15, 0.2) is 23.4 Å². The van der Waals surface area contributed by atoms with Gasteiger partial charge in [-0.15, -0.1) is 0 Å². The van der Waals surface area contributed by atoms with Gasteiger partial charge in [-0.2, -0.15) is 0 Å². The second-order valence-electron chi connectivity index (χ2n) is 4.17. The molecule has 2 heterocycles. The molecule has 2 aromatic rings.